The summed E-state index contributed by atoms with van der Waals surface area (Å²) in [6.07, 6.45) is 9.57. The fourth-order valence-corrected chi connectivity index (χ4v) is 5.42. The molecule has 2 N–H and O–H groups in total. The summed E-state index contributed by atoms with van der Waals surface area (Å²) in [7, 11) is 0. The monoisotopic (exact) mass is 325 g/mol. The molecular formula is C17H19N5O2. The van der Waals surface area contributed by atoms with E-state index in [1.165, 1.54) is 6.20 Å². The van der Waals surface area contributed by atoms with Crippen LogP contribution >= 0.6 is 0 Å². The van der Waals surface area contributed by atoms with Gasteiger partial charge in [-0.15, -0.1) is 10.2 Å². The molecule has 2 atom stereocenters. The van der Waals surface area contributed by atoms with Crippen molar-refractivity contribution in [2.45, 2.75) is 43.7 Å². The van der Waals surface area contributed by atoms with Crippen molar-refractivity contribution in [3.05, 3.63) is 35.4 Å². The molecule has 4 bridgehead atoms. The van der Waals surface area contributed by atoms with Gasteiger partial charge in [-0.1, -0.05) is 0 Å². The first-order valence-corrected chi connectivity index (χ1v) is 8.58. The molecular weight excluding hydrogens is 306 g/mol. The summed E-state index contributed by atoms with van der Waals surface area (Å²) in [5.74, 6) is 1.23. The van der Waals surface area contributed by atoms with Gasteiger partial charge in [0.2, 0.25) is 0 Å². The number of nitrogens with one attached hydrogen (secondary N) is 1. The van der Waals surface area contributed by atoms with Gasteiger partial charge in [-0.2, -0.15) is 10.2 Å². The first-order valence-electron chi connectivity index (χ1n) is 8.58. The van der Waals surface area contributed by atoms with Crippen LogP contribution < -0.4 is 5.32 Å². The average Bonchev–Trinajstić information content (AvgIpc) is 3.18. The second-order valence-electron chi connectivity index (χ2n) is 7.72. The largest absolute Gasteiger partial charge is 0.390 e. The van der Waals surface area contributed by atoms with Crippen molar-refractivity contribution >= 4 is 5.91 Å². The minimum absolute atomic E-state index is 0.142. The standard InChI is InChI=1S/C17H19N5O2/c23-16(12-8-19-22-15(12)13-1-2-18-21-13)20-14-10-3-9-4-11(14)7-17(24,5-9)6-10/h1-2,8-11,14,24H,3-7H2,(H,20,23). The van der Waals surface area contributed by atoms with Crippen molar-refractivity contribution in [1.82, 2.24) is 5.32 Å². The molecule has 4 saturated carbocycles. The highest BCUT2D eigenvalue weighted by atomic mass is 16.3. The number of aliphatic hydroxyl groups is 1. The molecule has 0 spiro atoms. The molecule has 6 aliphatic rings. The maximum Gasteiger partial charge on any atom is 0.255 e. The maximum absolute atomic E-state index is 12.8. The lowest BCUT2D eigenvalue weighted by Gasteiger charge is -2.58. The topological polar surface area (TPSA) is 98.8 Å². The van der Waals surface area contributed by atoms with Crippen molar-refractivity contribution in [3.8, 4) is 0 Å². The number of carbonyl (C=O) groups excluding carboxylic acids is 1. The van der Waals surface area contributed by atoms with Gasteiger partial charge in [0.1, 0.15) is 11.4 Å². The summed E-state index contributed by atoms with van der Waals surface area (Å²) in [5, 5.41) is 29.5. The van der Waals surface area contributed by atoms with E-state index in [0.717, 1.165) is 32.1 Å². The van der Waals surface area contributed by atoms with Crippen LogP contribution in [0, 0.1) is 17.8 Å². The molecule has 0 saturated heterocycles. The van der Waals surface area contributed by atoms with Gasteiger partial charge in [0.15, 0.2) is 0 Å². The predicted molar refractivity (Wildman–Crippen MR) is 84.4 cm³/mol. The van der Waals surface area contributed by atoms with Crippen LogP contribution in [0.3, 0.4) is 0 Å². The van der Waals surface area contributed by atoms with Gasteiger partial charge < -0.3 is 10.4 Å². The third kappa shape index (κ3) is 2.11. The molecule has 4 aliphatic carbocycles. The first-order chi connectivity index (χ1) is 11.6. The maximum atomic E-state index is 12.8. The Morgan fingerprint density at radius 3 is 2.62 bits per heavy atom. The number of hydrogen-bond donors (Lipinski definition) is 2. The zero-order valence-electron chi connectivity index (χ0n) is 13.2. The molecule has 7 heteroatoms. The van der Waals surface area contributed by atoms with Crippen molar-refractivity contribution < 1.29 is 9.90 Å². The molecule has 4 fully saturated rings. The fourth-order valence-electron chi connectivity index (χ4n) is 5.42. The highest BCUT2D eigenvalue weighted by Gasteiger charge is 2.55. The summed E-state index contributed by atoms with van der Waals surface area (Å²) >= 11 is 0. The van der Waals surface area contributed by atoms with Gasteiger partial charge in [0, 0.05) is 6.04 Å². The minimum Gasteiger partial charge on any atom is -0.390 e. The predicted octanol–water partition coefficient (Wildman–Crippen LogP) is 2.58. The Bertz CT molecular complexity index is 733. The number of nitrogens with zero attached hydrogens (tertiary/aromatic N) is 4. The van der Waals surface area contributed by atoms with E-state index in [-0.39, 0.29) is 11.9 Å². The lowest BCUT2D eigenvalue weighted by molar-refractivity contribution is -0.145. The second kappa shape index (κ2) is 4.92. The van der Waals surface area contributed by atoms with E-state index in [2.05, 4.69) is 25.8 Å². The molecule has 0 aromatic rings. The van der Waals surface area contributed by atoms with Crippen molar-refractivity contribution in [2.24, 2.45) is 38.2 Å². The Hall–Kier alpha value is -2.15. The van der Waals surface area contributed by atoms with Crippen molar-refractivity contribution in [2.75, 3.05) is 0 Å². The van der Waals surface area contributed by atoms with Crippen LogP contribution in [-0.4, -0.2) is 22.7 Å². The highest BCUT2D eigenvalue weighted by Crippen LogP contribution is 2.55. The van der Waals surface area contributed by atoms with Gasteiger partial charge in [0.25, 0.3) is 5.91 Å². The quantitative estimate of drug-likeness (QED) is 0.815. The Morgan fingerprint density at radius 1 is 1.17 bits per heavy atom. The molecule has 124 valence electrons. The van der Waals surface area contributed by atoms with Crippen LogP contribution in [0.2, 0.25) is 0 Å². The van der Waals surface area contributed by atoms with Crippen molar-refractivity contribution in [3.63, 3.8) is 0 Å². The summed E-state index contributed by atoms with van der Waals surface area (Å²) in [6.45, 7) is 0. The van der Waals surface area contributed by atoms with Gasteiger partial charge in [-0.05, 0) is 55.9 Å². The van der Waals surface area contributed by atoms with Gasteiger partial charge >= 0.3 is 0 Å². The second-order valence-corrected chi connectivity index (χ2v) is 7.72. The minimum atomic E-state index is -0.489. The first kappa shape index (κ1) is 14.2. The number of carbonyl (C=O) groups is 1. The van der Waals surface area contributed by atoms with E-state index >= 15 is 0 Å². The van der Waals surface area contributed by atoms with Gasteiger partial charge in [-0.3, -0.25) is 4.79 Å². The molecule has 2 aliphatic heterocycles. The number of amides is 1. The molecule has 2 unspecified atom stereocenters. The average molecular weight is 325 g/mol. The summed E-state index contributed by atoms with van der Waals surface area (Å²) in [4.78, 5) is 12.8. The van der Waals surface area contributed by atoms with E-state index in [1.807, 2.05) is 0 Å². The number of hydrogen-bond acceptors (Lipinski definition) is 6. The van der Waals surface area contributed by atoms with Crippen LogP contribution in [0.25, 0.3) is 0 Å². The molecule has 0 aromatic heterocycles. The normalized spacial score (nSPS) is 44.5. The summed E-state index contributed by atoms with van der Waals surface area (Å²) < 4.78 is 0. The number of azo groups is 2. The smallest absolute Gasteiger partial charge is 0.255 e. The third-order valence-corrected chi connectivity index (χ3v) is 6.09. The Balaban J connectivity index is 1.36. The number of rotatable bonds is 2. The van der Waals surface area contributed by atoms with Crippen LogP contribution in [0.4, 0.5) is 0 Å². The van der Waals surface area contributed by atoms with Crippen molar-refractivity contribution in [1.29, 1.82) is 0 Å². The van der Waals surface area contributed by atoms with Crippen LogP contribution in [0.15, 0.2) is 55.9 Å². The Morgan fingerprint density at radius 2 is 1.96 bits per heavy atom. The molecule has 1 amide bonds. The summed E-state index contributed by atoms with van der Waals surface area (Å²) in [6, 6.07) is 0.142. The molecule has 0 radical (unpaired) electrons. The van der Waals surface area contributed by atoms with E-state index in [9.17, 15) is 9.90 Å². The van der Waals surface area contributed by atoms with Crippen LogP contribution in [0.5, 0.6) is 0 Å². The highest BCUT2D eigenvalue weighted by molar-refractivity contribution is 5.98. The van der Waals surface area contributed by atoms with Crippen LogP contribution in [-0.2, 0) is 4.79 Å². The molecule has 2 heterocycles. The SMILES string of the molecule is O=C(NC1C2CC3CC1CC(O)(C3)C2)C1=CN=NC1=C1C=CN=N1. The zero-order valence-corrected chi connectivity index (χ0v) is 13.2. The molecule has 6 rings (SSSR count). The lowest BCUT2D eigenvalue weighted by Crippen LogP contribution is -2.61. The number of allylic oxidation sites excluding steroid dienone is 1. The summed E-state index contributed by atoms with van der Waals surface area (Å²) in [5.41, 5.74) is 1.00. The third-order valence-electron chi connectivity index (χ3n) is 6.09. The zero-order chi connectivity index (χ0) is 16.3. The lowest BCUT2D eigenvalue weighted by atomic mass is 9.52. The van der Waals surface area contributed by atoms with E-state index in [4.69, 9.17) is 0 Å². The van der Waals surface area contributed by atoms with Gasteiger partial charge in [0.05, 0.1) is 23.6 Å². The van der Waals surface area contributed by atoms with E-state index < -0.39 is 5.60 Å². The molecule has 0 aromatic carbocycles. The Kier molecular flexibility index (Phi) is 2.92. The Labute approximate surface area is 139 Å². The van der Waals surface area contributed by atoms with E-state index in [0.29, 0.717) is 34.7 Å². The van der Waals surface area contributed by atoms with E-state index in [1.54, 1.807) is 12.3 Å². The van der Waals surface area contributed by atoms with Crippen LogP contribution in [0.1, 0.15) is 32.1 Å². The fraction of sp³-hybridized carbons (Fsp3) is 0.588. The van der Waals surface area contributed by atoms with Gasteiger partial charge in [-0.25, -0.2) is 0 Å². The molecule has 7 nitrogen and oxygen atoms in total. The molecule has 24 heavy (non-hydrogen) atoms.